The molecule has 2 nitrogen and oxygen atoms in total. The van der Waals surface area contributed by atoms with Gasteiger partial charge in [-0.2, -0.15) is 0 Å². The summed E-state index contributed by atoms with van der Waals surface area (Å²) in [5.74, 6) is 4.75. The number of rotatable bonds is 3. The molecule has 3 saturated carbocycles. The molecule has 3 fully saturated rings. The molecule has 0 spiro atoms. The van der Waals surface area contributed by atoms with E-state index in [-0.39, 0.29) is 5.82 Å². The van der Waals surface area contributed by atoms with E-state index in [1.54, 1.807) is 6.07 Å². The second kappa shape index (κ2) is 4.22. The third kappa shape index (κ3) is 1.56. The van der Waals surface area contributed by atoms with E-state index in [2.05, 4.69) is 9.55 Å². The first kappa shape index (κ1) is 12.5. The van der Waals surface area contributed by atoms with Crippen LogP contribution < -0.4 is 0 Å². The minimum atomic E-state index is -0.212. The first-order valence-corrected chi connectivity index (χ1v) is 8.54. The molecule has 0 radical (unpaired) electrons. The van der Waals surface area contributed by atoms with E-state index in [9.17, 15) is 4.39 Å². The number of hydrogen-bond acceptors (Lipinski definition) is 1. The lowest BCUT2D eigenvalue weighted by Crippen LogP contribution is -2.09. The number of benzene rings is 1. The zero-order valence-electron chi connectivity index (χ0n) is 11.8. The van der Waals surface area contributed by atoms with E-state index in [4.69, 9.17) is 11.6 Å². The summed E-state index contributed by atoms with van der Waals surface area (Å²) in [4.78, 5) is 4.56. The van der Waals surface area contributed by atoms with Crippen molar-refractivity contribution in [2.24, 2.45) is 23.7 Å². The summed E-state index contributed by atoms with van der Waals surface area (Å²) < 4.78 is 16.4. The number of nitrogens with zero attached hydrogens (tertiary/aromatic N) is 2. The van der Waals surface area contributed by atoms with Crippen LogP contribution in [0.2, 0.25) is 0 Å². The Hall–Kier alpha value is -1.09. The summed E-state index contributed by atoms with van der Waals surface area (Å²) in [5.41, 5.74) is 1.49. The minimum absolute atomic E-state index is 0.212. The molecule has 1 aromatic carbocycles. The van der Waals surface area contributed by atoms with Gasteiger partial charge in [0.15, 0.2) is 5.82 Å². The monoisotopic (exact) mass is 304 g/mol. The number of halogens is 2. The quantitative estimate of drug-likeness (QED) is 0.778. The second-order valence-corrected chi connectivity index (χ2v) is 7.30. The fraction of sp³-hybridized carbons (Fsp3) is 0.588. The van der Waals surface area contributed by atoms with Gasteiger partial charge in [0, 0.05) is 18.3 Å². The summed E-state index contributed by atoms with van der Waals surface area (Å²) in [6.07, 6.45) is 4.95. The van der Waals surface area contributed by atoms with Crippen molar-refractivity contribution in [3.05, 3.63) is 29.8 Å². The van der Waals surface area contributed by atoms with Gasteiger partial charge in [-0.1, -0.05) is 6.07 Å². The molecular weight excluding hydrogens is 287 g/mol. The predicted molar refractivity (Wildman–Crippen MR) is 81.0 cm³/mol. The highest BCUT2D eigenvalue weighted by Gasteiger charge is 2.66. The van der Waals surface area contributed by atoms with Gasteiger partial charge in [0.25, 0.3) is 0 Å². The Labute approximate surface area is 128 Å². The highest BCUT2D eigenvalue weighted by atomic mass is 35.5. The molecule has 3 aliphatic carbocycles. The van der Waals surface area contributed by atoms with Gasteiger partial charge in [-0.05, 0) is 55.1 Å². The van der Waals surface area contributed by atoms with Crippen LogP contribution in [0.1, 0.15) is 31.1 Å². The number of alkyl halides is 1. The van der Waals surface area contributed by atoms with Crippen molar-refractivity contribution in [1.29, 1.82) is 0 Å². The number of fused-ring (bicyclic) bond motifs is 6. The van der Waals surface area contributed by atoms with E-state index in [0.29, 0.717) is 17.4 Å². The third-order valence-corrected chi connectivity index (χ3v) is 6.24. The topological polar surface area (TPSA) is 17.8 Å². The lowest BCUT2D eigenvalue weighted by molar-refractivity contribution is 0.452. The normalized spacial score (nSPS) is 36.4. The average Bonchev–Trinajstić information content (AvgIpc) is 2.84. The van der Waals surface area contributed by atoms with Gasteiger partial charge >= 0.3 is 0 Å². The van der Waals surface area contributed by atoms with Crippen molar-refractivity contribution >= 4 is 22.6 Å². The Balaban J connectivity index is 1.65. The second-order valence-electron chi connectivity index (χ2n) is 6.92. The number of imidazole rings is 1. The van der Waals surface area contributed by atoms with Gasteiger partial charge < -0.3 is 4.57 Å². The first-order valence-electron chi connectivity index (χ1n) is 8.01. The van der Waals surface area contributed by atoms with Crippen LogP contribution in [0.3, 0.4) is 0 Å². The van der Waals surface area contributed by atoms with E-state index in [0.717, 1.165) is 41.4 Å². The predicted octanol–water partition coefficient (Wildman–Crippen LogP) is 4.17. The molecule has 5 rings (SSSR count). The Morgan fingerprint density at radius 3 is 2.71 bits per heavy atom. The molecular formula is C17H18ClFN2. The fourth-order valence-corrected chi connectivity index (χ4v) is 5.52. The Morgan fingerprint density at radius 1 is 1.24 bits per heavy atom. The van der Waals surface area contributed by atoms with Crippen LogP contribution in [0, 0.1) is 29.5 Å². The molecule has 1 heterocycles. The lowest BCUT2D eigenvalue weighted by Gasteiger charge is -2.13. The summed E-state index contributed by atoms with van der Waals surface area (Å²) in [6.45, 7) is 0. The van der Waals surface area contributed by atoms with Crippen molar-refractivity contribution in [3.63, 3.8) is 0 Å². The minimum Gasteiger partial charge on any atom is -0.324 e. The molecule has 0 N–H and O–H groups in total. The number of para-hydroxylation sites is 1. The van der Waals surface area contributed by atoms with Crippen LogP contribution in [0.4, 0.5) is 4.39 Å². The molecule has 3 aliphatic rings. The van der Waals surface area contributed by atoms with E-state index < -0.39 is 0 Å². The summed E-state index contributed by atoms with van der Waals surface area (Å²) in [6, 6.07) is 5.87. The Bertz CT molecular complexity index is 709. The maximum absolute atomic E-state index is 14.1. The van der Waals surface area contributed by atoms with Gasteiger partial charge in [-0.3, -0.25) is 0 Å². The summed E-state index contributed by atoms with van der Waals surface area (Å²) in [5, 5.41) is 0. The van der Waals surface area contributed by atoms with Crippen LogP contribution in [0.15, 0.2) is 18.2 Å². The molecule has 110 valence electrons. The van der Waals surface area contributed by atoms with Crippen molar-refractivity contribution in [2.75, 3.05) is 5.88 Å². The van der Waals surface area contributed by atoms with Crippen LogP contribution >= 0.6 is 11.6 Å². The lowest BCUT2D eigenvalue weighted by atomic mass is 10.0. The van der Waals surface area contributed by atoms with Crippen molar-refractivity contribution in [3.8, 4) is 0 Å². The molecule has 4 atom stereocenters. The largest absolute Gasteiger partial charge is 0.324 e. The molecule has 21 heavy (non-hydrogen) atoms. The number of aryl methyl sites for hydroxylation is 1. The van der Waals surface area contributed by atoms with Crippen LogP contribution in [0.25, 0.3) is 11.0 Å². The maximum atomic E-state index is 14.1. The van der Waals surface area contributed by atoms with E-state index in [1.165, 1.54) is 25.3 Å². The standard InChI is InChI=1S/C17H18ClFN2/c18-7-6-13-20-16-11(19)2-1-3-12(16)21(13)17-14-9-4-5-10(8-9)15(14)17/h1-3,9-10,14-15,17H,4-8H2. The van der Waals surface area contributed by atoms with E-state index >= 15 is 0 Å². The molecule has 0 amide bonds. The van der Waals surface area contributed by atoms with Crippen LogP contribution in [0.5, 0.6) is 0 Å². The highest BCUT2D eigenvalue weighted by Crippen LogP contribution is 2.72. The number of aromatic nitrogens is 2. The molecule has 4 heteroatoms. The van der Waals surface area contributed by atoms with Gasteiger partial charge in [0.05, 0.1) is 5.52 Å². The van der Waals surface area contributed by atoms with E-state index in [1.807, 2.05) is 6.07 Å². The smallest absolute Gasteiger partial charge is 0.151 e. The van der Waals surface area contributed by atoms with Crippen molar-refractivity contribution in [2.45, 2.75) is 31.7 Å². The van der Waals surface area contributed by atoms with Crippen molar-refractivity contribution < 1.29 is 4.39 Å². The third-order valence-electron chi connectivity index (χ3n) is 6.05. The van der Waals surface area contributed by atoms with Crippen molar-refractivity contribution in [1.82, 2.24) is 9.55 Å². The average molecular weight is 305 g/mol. The zero-order valence-corrected chi connectivity index (χ0v) is 12.6. The molecule has 2 bridgehead atoms. The zero-order chi connectivity index (χ0) is 14.1. The summed E-state index contributed by atoms with van der Waals surface area (Å²) in [7, 11) is 0. The molecule has 4 unspecified atom stereocenters. The van der Waals surface area contributed by atoms with Gasteiger partial charge in [-0.25, -0.2) is 9.37 Å². The highest BCUT2D eigenvalue weighted by molar-refractivity contribution is 6.17. The fourth-order valence-electron chi connectivity index (χ4n) is 5.35. The van der Waals surface area contributed by atoms with Crippen LogP contribution in [-0.4, -0.2) is 15.4 Å². The summed E-state index contributed by atoms with van der Waals surface area (Å²) >= 11 is 5.94. The Kier molecular flexibility index (Phi) is 2.50. The molecule has 0 saturated heterocycles. The van der Waals surface area contributed by atoms with Gasteiger partial charge in [-0.15, -0.1) is 11.6 Å². The molecule has 2 aromatic rings. The number of hydrogen-bond donors (Lipinski definition) is 0. The SMILES string of the molecule is Fc1cccc2c1nc(CCCl)n2C1C2C3CCC(C3)C21. The van der Waals surface area contributed by atoms with Gasteiger partial charge in [0.2, 0.25) is 0 Å². The first-order chi connectivity index (χ1) is 10.3. The van der Waals surface area contributed by atoms with Crippen LogP contribution in [-0.2, 0) is 6.42 Å². The molecule has 0 aliphatic heterocycles. The Morgan fingerprint density at radius 2 is 2.00 bits per heavy atom. The molecule has 1 aromatic heterocycles. The maximum Gasteiger partial charge on any atom is 0.151 e. The van der Waals surface area contributed by atoms with Gasteiger partial charge in [0.1, 0.15) is 11.3 Å².